The first-order chi connectivity index (χ1) is 17.3. The van der Waals surface area contributed by atoms with Crippen LogP contribution in [0.3, 0.4) is 0 Å². The molecule has 2 amide bonds. The SMILES string of the molecule is COc1cc(/C=C2\SC(=S)N(c3ccccc3)C2=O)cc(Br)c1OCC(=O)Nc1cccc(C)c1C. The molecule has 1 aliphatic rings. The van der Waals surface area contributed by atoms with E-state index in [1.54, 1.807) is 18.2 Å². The smallest absolute Gasteiger partial charge is 0.270 e. The highest BCUT2D eigenvalue weighted by atomic mass is 79.9. The first-order valence-electron chi connectivity index (χ1n) is 11.0. The van der Waals surface area contributed by atoms with Gasteiger partial charge in [-0.15, -0.1) is 0 Å². The molecule has 6 nitrogen and oxygen atoms in total. The Labute approximate surface area is 227 Å². The van der Waals surface area contributed by atoms with Crippen molar-refractivity contribution in [3.8, 4) is 11.5 Å². The summed E-state index contributed by atoms with van der Waals surface area (Å²) in [4.78, 5) is 27.6. The fourth-order valence-corrected chi connectivity index (χ4v) is 5.47. The van der Waals surface area contributed by atoms with E-state index in [2.05, 4.69) is 21.2 Å². The van der Waals surface area contributed by atoms with Gasteiger partial charge in [-0.25, -0.2) is 0 Å². The molecule has 1 saturated heterocycles. The second-order valence-electron chi connectivity index (χ2n) is 7.97. The first-order valence-corrected chi connectivity index (χ1v) is 13.0. The molecule has 9 heteroatoms. The van der Waals surface area contributed by atoms with Crippen LogP contribution in [0.25, 0.3) is 6.08 Å². The van der Waals surface area contributed by atoms with E-state index in [0.717, 1.165) is 28.1 Å². The number of thioether (sulfide) groups is 1. The number of aryl methyl sites for hydroxylation is 1. The van der Waals surface area contributed by atoms with Crippen LogP contribution in [0.15, 0.2) is 70.0 Å². The Morgan fingerprint density at radius 3 is 2.61 bits per heavy atom. The highest BCUT2D eigenvalue weighted by Gasteiger charge is 2.33. The standard InChI is InChI=1S/C27H23BrN2O4S2/c1-16-8-7-11-21(17(16)2)29-24(31)15-34-25-20(28)12-18(13-22(25)33-3)14-23-26(32)30(27(35)36-23)19-9-5-4-6-10-19/h4-14H,15H2,1-3H3,(H,29,31)/b23-14-. The summed E-state index contributed by atoms with van der Waals surface area (Å²) >= 11 is 10.2. The van der Waals surface area contributed by atoms with Crippen molar-refractivity contribution in [3.05, 3.63) is 86.7 Å². The molecule has 3 aromatic rings. The van der Waals surface area contributed by atoms with Crippen molar-refractivity contribution in [2.75, 3.05) is 23.9 Å². The minimum absolute atomic E-state index is 0.185. The maximum absolute atomic E-state index is 13.0. The maximum Gasteiger partial charge on any atom is 0.270 e. The molecule has 1 aliphatic heterocycles. The number of nitrogens with one attached hydrogen (secondary N) is 1. The molecule has 0 radical (unpaired) electrons. The Kier molecular flexibility index (Phi) is 8.13. The highest BCUT2D eigenvalue weighted by molar-refractivity contribution is 9.10. The minimum Gasteiger partial charge on any atom is -0.493 e. The van der Waals surface area contributed by atoms with E-state index >= 15 is 0 Å². The molecule has 0 spiro atoms. The third-order valence-electron chi connectivity index (χ3n) is 5.58. The van der Waals surface area contributed by atoms with Crippen LogP contribution < -0.4 is 19.7 Å². The molecule has 0 aliphatic carbocycles. The van der Waals surface area contributed by atoms with Crippen LogP contribution in [0.2, 0.25) is 0 Å². The van der Waals surface area contributed by atoms with E-state index in [0.29, 0.717) is 25.2 Å². The van der Waals surface area contributed by atoms with E-state index < -0.39 is 0 Å². The zero-order chi connectivity index (χ0) is 25.8. The van der Waals surface area contributed by atoms with Crippen molar-refractivity contribution in [1.82, 2.24) is 0 Å². The molecule has 1 heterocycles. The van der Waals surface area contributed by atoms with E-state index in [-0.39, 0.29) is 18.4 Å². The minimum atomic E-state index is -0.286. The molecule has 0 unspecified atom stereocenters. The summed E-state index contributed by atoms with van der Waals surface area (Å²) in [5.41, 5.74) is 4.29. The molecule has 1 fully saturated rings. The van der Waals surface area contributed by atoms with Gasteiger partial charge in [0.15, 0.2) is 22.4 Å². The Bertz CT molecular complexity index is 1380. The van der Waals surface area contributed by atoms with Gasteiger partial charge in [0.25, 0.3) is 11.8 Å². The monoisotopic (exact) mass is 582 g/mol. The van der Waals surface area contributed by atoms with Crippen molar-refractivity contribution in [3.63, 3.8) is 0 Å². The Hall–Kier alpha value is -3.14. The lowest BCUT2D eigenvalue weighted by atomic mass is 10.1. The van der Waals surface area contributed by atoms with E-state index in [9.17, 15) is 9.59 Å². The number of carbonyl (C=O) groups excluding carboxylic acids is 2. The number of benzene rings is 3. The van der Waals surface area contributed by atoms with Gasteiger partial charge in [-0.05, 0) is 82.9 Å². The lowest BCUT2D eigenvalue weighted by Gasteiger charge is -2.15. The largest absolute Gasteiger partial charge is 0.493 e. The van der Waals surface area contributed by atoms with Gasteiger partial charge < -0.3 is 14.8 Å². The van der Waals surface area contributed by atoms with Gasteiger partial charge in [0, 0.05) is 5.69 Å². The predicted molar refractivity (Wildman–Crippen MR) is 153 cm³/mol. The number of amides is 2. The molecule has 3 aromatic carbocycles. The number of nitrogens with zero attached hydrogens (tertiary/aromatic N) is 1. The van der Waals surface area contributed by atoms with Crippen LogP contribution >= 0.6 is 39.9 Å². The number of methoxy groups -OCH3 is 1. The van der Waals surface area contributed by atoms with Crippen LogP contribution in [0.1, 0.15) is 16.7 Å². The molecule has 0 saturated carbocycles. The number of thiocarbonyl (C=S) groups is 1. The molecule has 0 bridgehead atoms. The Morgan fingerprint density at radius 2 is 1.89 bits per heavy atom. The summed E-state index contributed by atoms with van der Waals surface area (Å²) in [6.45, 7) is 3.75. The average Bonchev–Trinajstić information content (AvgIpc) is 3.13. The molecule has 36 heavy (non-hydrogen) atoms. The van der Waals surface area contributed by atoms with Gasteiger partial charge in [0.05, 0.1) is 22.2 Å². The molecule has 0 aromatic heterocycles. The number of ether oxygens (including phenoxy) is 2. The van der Waals surface area contributed by atoms with E-state index in [4.69, 9.17) is 21.7 Å². The summed E-state index contributed by atoms with van der Waals surface area (Å²) in [5.74, 6) is 0.345. The fraction of sp³-hybridized carbons (Fsp3) is 0.148. The number of hydrogen-bond acceptors (Lipinski definition) is 6. The summed E-state index contributed by atoms with van der Waals surface area (Å²) < 4.78 is 12.4. The van der Waals surface area contributed by atoms with Crippen molar-refractivity contribution >= 4 is 73.5 Å². The van der Waals surface area contributed by atoms with Crippen LogP contribution in [-0.4, -0.2) is 29.9 Å². The number of carbonyl (C=O) groups is 2. The molecular weight excluding hydrogens is 560 g/mol. The maximum atomic E-state index is 13.0. The van der Waals surface area contributed by atoms with Crippen LogP contribution in [-0.2, 0) is 9.59 Å². The number of rotatable bonds is 7. The lowest BCUT2D eigenvalue weighted by Crippen LogP contribution is -2.27. The van der Waals surface area contributed by atoms with E-state index in [1.165, 1.54) is 23.8 Å². The summed E-state index contributed by atoms with van der Waals surface area (Å²) in [7, 11) is 1.52. The molecule has 1 N–H and O–H groups in total. The zero-order valence-corrected chi connectivity index (χ0v) is 23.1. The third-order valence-corrected chi connectivity index (χ3v) is 7.48. The summed E-state index contributed by atoms with van der Waals surface area (Å²) in [6.07, 6.45) is 1.76. The number of hydrogen-bond donors (Lipinski definition) is 1. The topological polar surface area (TPSA) is 67.9 Å². The number of para-hydroxylation sites is 1. The van der Waals surface area contributed by atoms with Crippen LogP contribution in [0.4, 0.5) is 11.4 Å². The molecule has 4 rings (SSSR count). The van der Waals surface area contributed by atoms with Gasteiger partial charge in [-0.3, -0.25) is 14.5 Å². The molecular formula is C27H23BrN2O4S2. The van der Waals surface area contributed by atoms with Crippen LogP contribution in [0.5, 0.6) is 11.5 Å². The van der Waals surface area contributed by atoms with E-state index in [1.807, 2.05) is 62.4 Å². The predicted octanol–water partition coefficient (Wildman–Crippen LogP) is 6.50. The van der Waals surface area contributed by atoms with Gasteiger partial charge in [-0.2, -0.15) is 0 Å². The zero-order valence-electron chi connectivity index (χ0n) is 19.8. The normalized spacial score (nSPS) is 14.3. The molecule has 0 atom stereocenters. The lowest BCUT2D eigenvalue weighted by molar-refractivity contribution is -0.118. The second kappa shape index (κ2) is 11.3. The van der Waals surface area contributed by atoms with Crippen molar-refractivity contribution < 1.29 is 19.1 Å². The Balaban J connectivity index is 1.50. The fourth-order valence-electron chi connectivity index (χ4n) is 3.59. The van der Waals surface area contributed by atoms with Gasteiger partial charge in [0.2, 0.25) is 0 Å². The van der Waals surface area contributed by atoms with Crippen molar-refractivity contribution in [2.24, 2.45) is 0 Å². The summed E-state index contributed by atoms with van der Waals surface area (Å²) in [6, 6.07) is 18.6. The van der Waals surface area contributed by atoms with Crippen molar-refractivity contribution in [1.29, 1.82) is 0 Å². The Morgan fingerprint density at radius 1 is 1.14 bits per heavy atom. The number of halogens is 1. The quantitative estimate of drug-likeness (QED) is 0.253. The molecule has 184 valence electrons. The summed E-state index contributed by atoms with van der Waals surface area (Å²) in [5, 5.41) is 2.88. The average molecular weight is 584 g/mol. The number of anilines is 2. The third kappa shape index (κ3) is 5.64. The van der Waals surface area contributed by atoms with Gasteiger partial charge in [0.1, 0.15) is 0 Å². The van der Waals surface area contributed by atoms with Gasteiger partial charge in [-0.1, -0.05) is 54.3 Å². The highest BCUT2D eigenvalue weighted by Crippen LogP contribution is 2.40. The van der Waals surface area contributed by atoms with Gasteiger partial charge >= 0.3 is 0 Å². The van der Waals surface area contributed by atoms with Crippen molar-refractivity contribution in [2.45, 2.75) is 13.8 Å². The van der Waals surface area contributed by atoms with Crippen LogP contribution in [0, 0.1) is 13.8 Å². The first kappa shape index (κ1) is 25.9. The second-order valence-corrected chi connectivity index (χ2v) is 10.5.